The Kier molecular flexibility index (Phi) is 6.81. The van der Waals surface area contributed by atoms with E-state index in [1.807, 2.05) is 32.0 Å². The predicted octanol–water partition coefficient (Wildman–Crippen LogP) is 3.09. The van der Waals surface area contributed by atoms with E-state index in [-0.39, 0.29) is 10.6 Å². The largest absolute Gasteiger partial charge is 0.443 e. The van der Waals surface area contributed by atoms with Crippen LogP contribution in [-0.4, -0.2) is 31.9 Å². The quantitative estimate of drug-likeness (QED) is 0.533. The summed E-state index contributed by atoms with van der Waals surface area (Å²) in [4.78, 5) is 25.9. The molecule has 1 unspecified atom stereocenters. The summed E-state index contributed by atoms with van der Waals surface area (Å²) in [6, 6.07) is 15.5. The summed E-state index contributed by atoms with van der Waals surface area (Å²) < 4.78 is 33.2. The smallest absolute Gasteiger partial charge is 0.356 e. The third-order valence-electron chi connectivity index (χ3n) is 4.82. The maximum absolute atomic E-state index is 13.1. The van der Waals surface area contributed by atoms with Gasteiger partial charge in [0, 0.05) is 24.5 Å². The molecule has 9 heteroatoms. The van der Waals surface area contributed by atoms with Crippen LogP contribution in [-0.2, 0) is 26.6 Å². The molecule has 1 amide bonds. The van der Waals surface area contributed by atoms with Gasteiger partial charge in [0.2, 0.25) is 16.1 Å². The fourth-order valence-electron chi connectivity index (χ4n) is 3.32. The van der Waals surface area contributed by atoms with Crippen molar-refractivity contribution >= 4 is 27.6 Å². The van der Waals surface area contributed by atoms with E-state index in [2.05, 4.69) is 10.0 Å². The Bertz CT molecular complexity index is 1230. The van der Waals surface area contributed by atoms with Crippen LogP contribution in [0.15, 0.2) is 65.7 Å². The number of nitrogens with zero attached hydrogens (tertiary/aromatic N) is 1. The highest BCUT2D eigenvalue weighted by atomic mass is 32.2. The lowest BCUT2D eigenvalue weighted by molar-refractivity contribution is -0.125. The molecule has 0 fully saturated rings. The van der Waals surface area contributed by atoms with Gasteiger partial charge in [0.1, 0.15) is 10.6 Å². The van der Waals surface area contributed by atoms with Crippen molar-refractivity contribution in [1.82, 2.24) is 9.29 Å². The fraction of sp³-hybridized carbons (Fsp3) is 0.217. The van der Waals surface area contributed by atoms with Crippen LogP contribution < -0.4 is 10.0 Å². The molecule has 0 radical (unpaired) electrons. The van der Waals surface area contributed by atoms with Gasteiger partial charge in [-0.1, -0.05) is 36.4 Å². The summed E-state index contributed by atoms with van der Waals surface area (Å²) in [7, 11) is -0.930. The van der Waals surface area contributed by atoms with E-state index in [0.29, 0.717) is 11.3 Å². The Morgan fingerprint density at radius 2 is 1.62 bits per heavy atom. The van der Waals surface area contributed by atoms with Gasteiger partial charge in [0.25, 0.3) is 5.91 Å². The molecule has 168 valence electrons. The summed E-state index contributed by atoms with van der Waals surface area (Å²) in [6.45, 7) is 3.84. The number of sulfonamides is 1. The first-order valence-corrected chi connectivity index (χ1v) is 11.3. The van der Waals surface area contributed by atoms with Gasteiger partial charge in [0.15, 0.2) is 0 Å². The van der Waals surface area contributed by atoms with E-state index in [0.717, 1.165) is 11.1 Å². The minimum Gasteiger partial charge on any atom is -0.443 e. The molecule has 1 atom stereocenters. The predicted molar refractivity (Wildman–Crippen MR) is 121 cm³/mol. The van der Waals surface area contributed by atoms with Gasteiger partial charge in [-0.3, -0.25) is 4.79 Å². The summed E-state index contributed by atoms with van der Waals surface area (Å²) in [6.07, 6.45) is 0.0685. The Hall–Kier alpha value is -3.43. The molecule has 0 spiro atoms. The number of rotatable bonds is 7. The van der Waals surface area contributed by atoms with Gasteiger partial charge in [-0.2, -0.15) is 0 Å². The van der Waals surface area contributed by atoms with Crippen molar-refractivity contribution in [1.29, 1.82) is 0 Å². The van der Waals surface area contributed by atoms with E-state index in [1.54, 1.807) is 30.3 Å². The van der Waals surface area contributed by atoms with Crippen molar-refractivity contribution in [2.24, 2.45) is 7.05 Å². The molecule has 8 nitrogen and oxygen atoms in total. The van der Waals surface area contributed by atoms with E-state index >= 15 is 0 Å². The van der Waals surface area contributed by atoms with Gasteiger partial charge >= 0.3 is 5.97 Å². The van der Waals surface area contributed by atoms with Crippen LogP contribution in [0.5, 0.6) is 0 Å². The standard InChI is InChI=1S/C23H25N3O5S/c1-15-10-16(2)12-18(11-15)25-22(27)21(17-8-6-5-7-9-17)31-23(28)20-13-19(14-26(20)4)32(29,30)24-3/h5-14,21,24H,1-4H3,(H,25,27). The molecule has 2 aromatic carbocycles. The molecule has 3 rings (SSSR count). The first-order chi connectivity index (χ1) is 15.1. The number of nitrogens with one attached hydrogen (secondary N) is 2. The van der Waals surface area contributed by atoms with E-state index in [4.69, 9.17) is 4.74 Å². The molecule has 0 saturated heterocycles. The number of carbonyl (C=O) groups excluding carboxylic acids is 2. The average Bonchev–Trinajstić information content (AvgIpc) is 3.14. The van der Waals surface area contributed by atoms with Crippen LogP contribution >= 0.6 is 0 Å². The molecule has 1 heterocycles. The first-order valence-electron chi connectivity index (χ1n) is 9.85. The maximum atomic E-state index is 13.1. The zero-order valence-electron chi connectivity index (χ0n) is 18.2. The number of amides is 1. The van der Waals surface area contributed by atoms with Crippen molar-refractivity contribution in [3.8, 4) is 0 Å². The van der Waals surface area contributed by atoms with E-state index < -0.39 is 28.0 Å². The molecular formula is C23H25N3O5S. The third kappa shape index (κ3) is 5.24. The van der Waals surface area contributed by atoms with Gasteiger partial charge < -0.3 is 14.6 Å². The monoisotopic (exact) mass is 455 g/mol. The Balaban J connectivity index is 1.90. The van der Waals surface area contributed by atoms with E-state index in [1.165, 1.54) is 30.9 Å². The second kappa shape index (κ2) is 9.37. The average molecular weight is 456 g/mol. The number of hydrogen-bond donors (Lipinski definition) is 2. The molecule has 32 heavy (non-hydrogen) atoms. The number of benzene rings is 2. The van der Waals surface area contributed by atoms with Gasteiger partial charge in [0.05, 0.1) is 0 Å². The summed E-state index contributed by atoms with van der Waals surface area (Å²) in [5.41, 5.74) is 3.04. The Labute approximate surface area is 187 Å². The minimum absolute atomic E-state index is 0.000967. The van der Waals surface area contributed by atoms with Gasteiger partial charge in [-0.25, -0.2) is 17.9 Å². The number of ether oxygens (including phenoxy) is 1. The number of esters is 1. The van der Waals surface area contributed by atoms with Gasteiger partial charge in [-0.15, -0.1) is 0 Å². The second-order valence-corrected chi connectivity index (χ2v) is 9.33. The summed E-state index contributed by atoms with van der Waals surface area (Å²) >= 11 is 0. The SMILES string of the molecule is CNS(=O)(=O)c1cc(C(=O)OC(C(=O)Nc2cc(C)cc(C)c2)c2ccccc2)n(C)c1. The molecule has 0 saturated carbocycles. The second-order valence-electron chi connectivity index (χ2n) is 7.44. The van der Waals surface area contributed by atoms with Crippen molar-refractivity contribution in [2.75, 3.05) is 12.4 Å². The van der Waals surface area contributed by atoms with E-state index in [9.17, 15) is 18.0 Å². The number of anilines is 1. The highest BCUT2D eigenvalue weighted by Gasteiger charge is 2.28. The molecule has 1 aromatic heterocycles. The van der Waals surface area contributed by atoms with Crippen LogP contribution in [0.2, 0.25) is 0 Å². The number of hydrogen-bond acceptors (Lipinski definition) is 5. The molecule has 0 aliphatic carbocycles. The first kappa shape index (κ1) is 23.2. The Morgan fingerprint density at radius 3 is 2.22 bits per heavy atom. The van der Waals surface area contributed by atoms with Crippen molar-refractivity contribution in [3.05, 3.63) is 83.2 Å². The van der Waals surface area contributed by atoms with Crippen LogP contribution in [0.1, 0.15) is 33.3 Å². The lowest BCUT2D eigenvalue weighted by atomic mass is 10.1. The normalized spacial score (nSPS) is 12.2. The van der Waals surface area contributed by atoms with Crippen LogP contribution in [0.3, 0.4) is 0 Å². The molecule has 3 aromatic rings. The number of aryl methyl sites for hydroxylation is 3. The van der Waals surface area contributed by atoms with Crippen molar-refractivity contribution in [2.45, 2.75) is 24.8 Å². The highest BCUT2D eigenvalue weighted by Crippen LogP contribution is 2.24. The van der Waals surface area contributed by atoms with Crippen LogP contribution in [0, 0.1) is 13.8 Å². The lowest BCUT2D eigenvalue weighted by Crippen LogP contribution is -2.26. The molecular weight excluding hydrogens is 430 g/mol. The Morgan fingerprint density at radius 1 is 1.00 bits per heavy atom. The third-order valence-corrected chi connectivity index (χ3v) is 6.20. The zero-order chi connectivity index (χ0) is 23.5. The summed E-state index contributed by atoms with van der Waals surface area (Å²) in [5, 5.41) is 2.80. The highest BCUT2D eigenvalue weighted by molar-refractivity contribution is 7.89. The fourth-order valence-corrected chi connectivity index (χ4v) is 4.12. The number of carbonyl (C=O) groups is 2. The number of aromatic nitrogens is 1. The van der Waals surface area contributed by atoms with Crippen molar-refractivity contribution in [3.63, 3.8) is 0 Å². The topological polar surface area (TPSA) is 106 Å². The van der Waals surface area contributed by atoms with Crippen LogP contribution in [0.25, 0.3) is 0 Å². The summed E-state index contributed by atoms with van der Waals surface area (Å²) in [5.74, 6) is -1.35. The molecule has 0 aliphatic rings. The molecule has 0 aliphatic heterocycles. The van der Waals surface area contributed by atoms with Crippen LogP contribution in [0.4, 0.5) is 5.69 Å². The zero-order valence-corrected chi connectivity index (χ0v) is 19.1. The molecule has 2 N–H and O–H groups in total. The van der Waals surface area contributed by atoms with Gasteiger partial charge in [-0.05, 0) is 50.2 Å². The lowest BCUT2D eigenvalue weighted by Gasteiger charge is -2.18. The maximum Gasteiger partial charge on any atom is 0.356 e. The minimum atomic E-state index is -3.74. The molecule has 0 bridgehead atoms. The van der Waals surface area contributed by atoms with Crippen molar-refractivity contribution < 1.29 is 22.7 Å².